The number of hydrogen-bond acceptors (Lipinski definition) is 5. The van der Waals surface area contributed by atoms with Gasteiger partial charge in [-0.3, -0.25) is 0 Å². The van der Waals surface area contributed by atoms with Crippen LogP contribution in [0, 0.1) is 0 Å². The third-order valence-corrected chi connectivity index (χ3v) is 3.23. The van der Waals surface area contributed by atoms with Crippen LogP contribution in [0.2, 0.25) is 0 Å². The van der Waals surface area contributed by atoms with Gasteiger partial charge in [0.05, 0.1) is 26.4 Å². The van der Waals surface area contributed by atoms with Gasteiger partial charge >= 0.3 is 0 Å². The highest BCUT2D eigenvalue weighted by molar-refractivity contribution is 4.49. The van der Waals surface area contributed by atoms with Crippen molar-refractivity contribution in [3.05, 3.63) is 0 Å². The quantitative estimate of drug-likeness (QED) is 0.347. The molecule has 23 heavy (non-hydrogen) atoms. The molecule has 140 valence electrons. The average molecular weight is 334 g/mol. The van der Waals surface area contributed by atoms with E-state index in [9.17, 15) is 0 Å². The highest BCUT2D eigenvalue weighted by Crippen LogP contribution is 1.92. The van der Waals surface area contributed by atoms with Gasteiger partial charge in [0.1, 0.15) is 0 Å². The molecular formula is C18H39NO4. The summed E-state index contributed by atoms with van der Waals surface area (Å²) in [5.41, 5.74) is 0. The Balaban J connectivity index is 2.92. The van der Waals surface area contributed by atoms with Gasteiger partial charge in [0.25, 0.3) is 0 Å². The maximum atomic E-state index is 5.51. The summed E-state index contributed by atoms with van der Waals surface area (Å²) in [6.45, 7) is 12.6. The topological polar surface area (TPSA) is 49.0 Å². The molecule has 0 unspecified atom stereocenters. The lowest BCUT2D eigenvalue weighted by Gasteiger charge is -2.07. The van der Waals surface area contributed by atoms with Gasteiger partial charge in [0.15, 0.2) is 0 Å². The fourth-order valence-electron chi connectivity index (χ4n) is 1.97. The molecule has 0 amide bonds. The van der Waals surface area contributed by atoms with E-state index in [4.69, 9.17) is 18.9 Å². The van der Waals surface area contributed by atoms with Crippen molar-refractivity contribution >= 4 is 0 Å². The van der Waals surface area contributed by atoms with Crippen LogP contribution in [0.5, 0.6) is 0 Å². The molecule has 0 aliphatic rings. The minimum atomic E-state index is 0.719. The third-order valence-electron chi connectivity index (χ3n) is 3.23. The molecule has 0 aliphatic carbocycles. The van der Waals surface area contributed by atoms with Gasteiger partial charge in [-0.1, -0.05) is 13.8 Å². The predicted molar refractivity (Wildman–Crippen MR) is 95.2 cm³/mol. The minimum absolute atomic E-state index is 0.719. The second kappa shape index (κ2) is 21.8. The molecule has 0 spiro atoms. The third kappa shape index (κ3) is 21.8. The molecular weight excluding hydrogens is 294 g/mol. The molecule has 0 aromatic carbocycles. The Morgan fingerprint density at radius 3 is 1.26 bits per heavy atom. The SMILES string of the molecule is CCCOCCOCCCCNCCCCOCCOCCC. The van der Waals surface area contributed by atoms with Gasteiger partial charge in [-0.2, -0.15) is 0 Å². The summed E-state index contributed by atoms with van der Waals surface area (Å²) in [5, 5.41) is 3.46. The minimum Gasteiger partial charge on any atom is -0.379 e. The summed E-state index contributed by atoms with van der Waals surface area (Å²) >= 11 is 0. The van der Waals surface area contributed by atoms with E-state index in [1.165, 1.54) is 12.8 Å². The maximum absolute atomic E-state index is 5.51. The fourth-order valence-corrected chi connectivity index (χ4v) is 1.97. The summed E-state index contributed by atoms with van der Waals surface area (Å²) in [5.74, 6) is 0. The van der Waals surface area contributed by atoms with Crippen LogP contribution in [0.4, 0.5) is 0 Å². The van der Waals surface area contributed by atoms with Crippen molar-refractivity contribution in [2.45, 2.75) is 52.4 Å². The highest BCUT2D eigenvalue weighted by atomic mass is 16.5. The Bertz CT molecular complexity index is 185. The van der Waals surface area contributed by atoms with E-state index in [1.807, 2.05) is 0 Å². The number of rotatable bonds is 20. The molecule has 5 nitrogen and oxygen atoms in total. The van der Waals surface area contributed by atoms with Crippen LogP contribution in [0.25, 0.3) is 0 Å². The van der Waals surface area contributed by atoms with Crippen molar-refractivity contribution in [2.75, 3.05) is 65.9 Å². The fraction of sp³-hybridized carbons (Fsp3) is 1.00. The molecule has 0 saturated carbocycles. The van der Waals surface area contributed by atoms with E-state index >= 15 is 0 Å². The van der Waals surface area contributed by atoms with Crippen molar-refractivity contribution in [1.82, 2.24) is 5.32 Å². The first-order valence-electron chi connectivity index (χ1n) is 9.43. The molecule has 0 aromatic heterocycles. The largest absolute Gasteiger partial charge is 0.379 e. The zero-order valence-corrected chi connectivity index (χ0v) is 15.4. The lowest BCUT2D eigenvalue weighted by molar-refractivity contribution is 0.0463. The lowest BCUT2D eigenvalue weighted by atomic mass is 10.3. The maximum Gasteiger partial charge on any atom is 0.0700 e. The van der Waals surface area contributed by atoms with Crippen LogP contribution in [0.15, 0.2) is 0 Å². The molecule has 5 heteroatoms. The summed E-state index contributed by atoms with van der Waals surface area (Å²) in [6.07, 6.45) is 6.71. The van der Waals surface area contributed by atoms with Crippen molar-refractivity contribution in [1.29, 1.82) is 0 Å². The summed E-state index contributed by atoms with van der Waals surface area (Å²) in [4.78, 5) is 0. The van der Waals surface area contributed by atoms with Gasteiger partial charge in [0, 0.05) is 26.4 Å². The van der Waals surface area contributed by atoms with E-state index in [0.717, 1.165) is 91.6 Å². The standard InChI is InChI=1S/C18H39NO4/c1-3-11-20-15-17-22-13-7-5-9-19-10-6-8-14-23-18-16-21-12-4-2/h19H,3-18H2,1-2H3. The molecule has 0 fully saturated rings. The zero-order chi connectivity index (χ0) is 16.8. The summed E-state index contributed by atoms with van der Waals surface area (Å²) in [6, 6.07) is 0. The van der Waals surface area contributed by atoms with E-state index in [1.54, 1.807) is 0 Å². The van der Waals surface area contributed by atoms with Crippen molar-refractivity contribution in [3.63, 3.8) is 0 Å². The van der Waals surface area contributed by atoms with Gasteiger partial charge in [0.2, 0.25) is 0 Å². The van der Waals surface area contributed by atoms with Crippen LogP contribution in [-0.2, 0) is 18.9 Å². The Morgan fingerprint density at radius 1 is 0.478 bits per heavy atom. The van der Waals surface area contributed by atoms with Crippen molar-refractivity contribution in [3.8, 4) is 0 Å². The van der Waals surface area contributed by atoms with Crippen molar-refractivity contribution in [2.24, 2.45) is 0 Å². The Morgan fingerprint density at radius 2 is 0.870 bits per heavy atom. The monoisotopic (exact) mass is 333 g/mol. The molecule has 0 rings (SSSR count). The molecule has 0 heterocycles. The smallest absolute Gasteiger partial charge is 0.0700 e. The molecule has 0 radical (unpaired) electrons. The lowest BCUT2D eigenvalue weighted by Crippen LogP contribution is -2.18. The predicted octanol–water partition coefficient (Wildman–Crippen LogP) is 3.02. The first-order chi connectivity index (χ1) is 11.4. The second-order valence-corrected chi connectivity index (χ2v) is 5.61. The first-order valence-corrected chi connectivity index (χ1v) is 9.43. The van der Waals surface area contributed by atoms with E-state index in [2.05, 4.69) is 19.2 Å². The molecule has 0 aliphatic heterocycles. The average Bonchev–Trinajstić information content (AvgIpc) is 2.57. The zero-order valence-electron chi connectivity index (χ0n) is 15.4. The number of nitrogens with one attached hydrogen (secondary N) is 1. The van der Waals surface area contributed by atoms with Crippen LogP contribution in [0.1, 0.15) is 52.4 Å². The number of unbranched alkanes of at least 4 members (excludes halogenated alkanes) is 2. The van der Waals surface area contributed by atoms with E-state index < -0.39 is 0 Å². The highest BCUT2D eigenvalue weighted by Gasteiger charge is 1.93. The molecule has 1 N–H and O–H groups in total. The summed E-state index contributed by atoms with van der Waals surface area (Å²) in [7, 11) is 0. The van der Waals surface area contributed by atoms with E-state index in [-0.39, 0.29) is 0 Å². The van der Waals surface area contributed by atoms with Crippen LogP contribution in [0.3, 0.4) is 0 Å². The van der Waals surface area contributed by atoms with Crippen LogP contribution in [-0.4, -0.2) is 65.9 Å². The van der Waals surface area contributed by atoms with Crippen LogP contribution >= 0.6 is 0 Å². The Kier molecular flexibility index (Phi) is 21.6. The van der Waals surface area contributed by atoms with Crippen LogP contribution < -0.4 is 5.32 Å². The van der Waals surface area contributed by atoms with Crippen molar-refractivity contribution < 1.29 is 18.9 Å². The first kappa shape index (κ1) is 22.8. The molecule has 0 saturated heterocycles. The van der Waals surface area contributed by atoms with Gasteiger partial charge < -0.3 is 24.3 Å². The molecule has 0 atom stereocenters. The van der Waals surface area contributed by atoms with Gasteiger partial charge in [-0.25, -0.2) is 0 Å². The second-order valence-electron chi connectivity index (χ2n) is 5.61. The summed E-state index contributed by atoms with van der Waals surface area (Å²) < 4.78 is 21.7. The van der Waals surface area contributed by atoms with Gasteiger partial charge in [-0.15, -0.1) is 0 Å². The number of hydrogen-bond donors (Lipinski definition) is 1. The Hall–Kier alpha value is -0.200. The molecule has 0 aromatic rings. The van der Waals surface area contributed by atoms with Gasteiger partial charge in [-0.05, 0) is 51.6 Å². The normalized spacial score (nSPS) is 11.2. The number of ether oxygens (including phenoxy) is 4. The molecule has 0 bridgehead atoms. The van der Waals surface area contributed by atoms with E-state index in [0.29, 0.717) is 0 Å². The Labute approximate surface area is 143 Å².